The van der Waals surface area contributed by atoms with Crippen LogP contribution in [-0.2, 0) is 27.5 Å². The number of para-hydroxylation sites is 2. The number of hydrogen-bond acceptors (Lipinski definition) is 6. The number of hydrogen-bond donors (Lipinski definition) is 2. The Morgan fingerprint density at radius 3 is 2.40 bits per heavy atom. The van der Waals surface area contributed by atoms with E-state index in [1.807, 2.05) is 54.6 Å². The number of furan rings is 1. The van der Waals surface area contributed by atoms with Crippen molar-refractivity contribution in [1.82, 2.24) is 5.32 Å². The molecule has 0 radical (unpaired) electrons. The molecule has 2 N–H and O–H groups in total. The van der Waals surface area contributed by atoms with E-state index in [1.165, 1.54) is 12.1 Å². The van der Waals surface area contributed by atoms with Gasteiger partial charge in [-0.25, -0.2) is 14.0 Å². The third kappa shape index (κ3) is 7.31. The van der Waals surface area contributed by atoms with Crippen LogP contribution >= 0.6 is 0 Å². The lowest BCUT2D eigenvalue weighted by atomic mass is 10.0. The van der Waals surface area contributed by atoms with Gasteiger partial charge >= 0.3 is 12.1 Å². The SMILES string of the molecule is CC(C)(C)OC(=O)NC(COCc1ccc(OCc2ccc(-c3cccc4c3oc3ccccc34)cc2)cc1F)C(=O)O. The van der Waals surface area contributed by atoms with E-state index in [2.05, 4.69) is 17.4 Å². The van der Waals surface area contributed by atoms with Crippen LogP contribution in [0.4, 0.5) is 9.18 Å². The van der Waals surface area contributed by atoms with Gasteiger partial charge in [0, 0.05) is 28.0 Å². The molecule has 0 aliphatic heterocycles. The van der Waals surface area contributed by atoms with Gasteiger partial charge < -0.3 is 29.1 Å². The second-order valence-corrected chi connectivity index (χ2v) is 11.1. The maximum atomic E-state index is 14.7. The summed E-state index contributed by atoms with van der Waals surface area (Å²) >= 11 is 0. The van der Waals surface area contributed by atoms with Gasteiger partial charge in [-0.1, -0.05) is 66.7 Å². The second-order valence-electron chi connectivity index (χ2n) is 11.1. The predicted octanol–water partition coefficient (Wildman–Crippen LogP) is 7.47. The first kappa shape index (κ1) is 29.6. The molecule has 0 spiro atoms. The van der Waals surface area contributed by atoms with Crippen LogP contribution in [0.15, 0.2) is 89.3 Å². The molecule has 0 bridgehead atoms. The molecule has 4 aromatic carbocycles. The molecule has 0 aliphatic rings. The van der Waals surface area contributed by atoms with Crippen molar-refractivity contribution < 1.29 is 37.7 Å². The summed E-state index contributed by atoms with van der Waals surface area (Å²) < 4.78 is 37.1. The van der Waals surface area contributed by atoms with Crippen molar-refractivity contribution in [2.24, 2.45) is 0 Å². The van der Waals surface area contributed by atoms with Crippen molar-refractivity contribution in [2.75, 3.05) is 6.61 Å². The Balaban J connectivity index is 1.16. The Kier molecular flexibility index (Phi) is 8.63. The van der Waals surface area contributed by atoms with Crippen molar-refractivity contribution in [3.8, 4) is 16.9 Å². The average molecular weight is 586 g/mol. The molecule has 222 valence electrons. The molecule has 5 rings (SSSR count). The molecule has 1 heterocycles. The number of carbonyl (C=O) groups excluding carboxylic acids is 1. The van der Waals surface area contributed by atoms with E-state index in [0.717, 1.165) is 38.6 Å². The molecule has 0 saturated carbocycles. The fourth-order valence-electron chi connectivity index (χ4n) is 4.57. The quantitative estimate of drug-likeness (QED) is 0.175. The minimum atomic E-state index is -1.35. The van der Waals surface area contributed by atoms with Crippen molar-refractivity contribution >= 4 is 34.0 Å². The number of nitrogens with one attached hydrogen (secondary N) is 1. The highest BCUT2D eigenvalue weighted by Crippen LogP contribution is 2.35. The lowest BCUT2D eigenvalue weighted by molar-refractivity contribution is -0.141. The molecule has 8 nitrogen and oxygen atoms in total. The normalized spacial score (nSPS) is 12.3. The van der Waals surface area contributed by atoms with Gasteiger partial charge in [0.2, 0.25) is 0 Å². The van der Waals surface area contributed by atoms with Gasteiger partial charge in [0.15, 0.2) is 6.04 Å². The number of ether oxygens (including phenoxy) is 3. The Morgan fingerprint density at radius 1 is 0.930 bits per heavy atom. The number of carboxylic acids is 1. The van der Waals surface area contributed by atoms with E-state index in [0.29, 0.717) is 5.75 Å². The first-order valence-corrected chi connectivity index (χ1v) is 13.8. The molecule has 1 atom stereocenters. The first-order chi connectivity index (χ1) is 20.6. The zero-order valence-electron chi connectivity index (χ0n) is 24.1. The second kappa shape index (κ2) is 12.5. The summed E-state index contributed by atoms with van der Waals surface area (Å²) in [6, 6.07) is 25.0. The number of alkyl carbamates (subject to hydrolysis) is 1. The van der Waals surface area contributed by atoms with Gasteiger partial charge in [0.25, 0.3) is 0 Å². The smallest absolute Gasteiger partial charge is 0.408 e. The summed E-state index contributed by atoms with van der Waals surface area (Å²) in [5, 5.41) is 13.7. The maximum Gasteiger partial charge on any atom is 0.408 e. The van der Waals surface area contributed by atoms with E-state index in [9.17, 15) is 19.1 Å². The van der Waals surface area contributed by atoms with Gasteiger partial charge in [-0.05, 0) is 44.0 Å². The number of fused-ring (bicyclic) bond motifs is 3. The first-order valence-electron chi connectivity index (χ1n) is 13.8. The van der Waals surface area contributed by atoms with Crippen LogP contribution in [0.5, 0.6) is 5.75 Å². The van der Waals surface area contributed by atoms with E-state index in [-0.39, 0.29) is 25.4 Å². The third-order valence-corrected chi connectivity index (χ3v) is 6.63. The number of carboxylic acid groups (broad SMARTS) is 1. The van der Waals surface area contributed by atoms with Crippen LogP contribution in [0.1, 0.15) is 31.9 Å². The highest BCUT2D eigenvalue weighted by molar-refractivity contribution is 6.09. The minimum Gasteiger partial charge on any atom is -0.489 e. The molecule has 0 fully saturated rings. The third-order valence-electron chi connectivity index (χ3n) is 6.63. The largest absolute Gasteiger partial charge is 0.489 e. The molecule has 9 heteroatoms. The zero-order valence-corrected chi connectivity index (χ0v) is 24.1. The topological polar surface area (TPSA) is 107 Å². The minimum absolute atomic E-state index is 0.189. The average Bonchev–Trinajstić information content (AvgIpc) is 3.35. The van der Waals surface area contributed by atoms with E-state index in [4.69, 9.17) is 18.6 Å². The van der Waals surface area contributed by atoms with E-state index in [1.54, 1.807) is 26.8 Å². The summed E-state index contributed by atoms with van der Waals surface area (Å²) in [5.74, 6) is -1.51. The number of rotatable bonds is 10. The van der Waals surface area contributed by atoms with Crippen molar-refractivity contribution in [2.45, 2.75) is 45.6 Å². The van der Waals surface area contributed by atoms with Crippen LogP contribution in [0.3, 0.4) is 0 Å². The van der Waals surface area contributed by atoms with Crippen LogP contribution < -0.4 is 10.1 Å². The van der Waals surface area contributed by atoms with E-state index < -0.39 is 29.5 Å². The van der Waals surface area contributed by atoms with Crippen LogP contribution in [-0.4, -0.2) is 35.4 Å². The molecule has 5 aromatic rings. The van der Waals surface area contributed by atoms with Gasteiger partial charge in [-0.2, -0.15) is 0 Å². The summed E-state index contributed by atoms with van der Waals surface area (Å²) in [5.41, 5.74) is 4.04. The Labute approximate surface area is 248 Å². The van der Waals surface area contributed by atoms with Crippen LogP contribution in [0, 0.1) is 5.82 Å². The maximum absolute atomic E-state index is 14.7. The molecule has 43 heavy (non-hydrogen) atoms. The summed E-state index contributed by atoms with van der Waals surface area (Å²) in [4.78, 5) is 23.4. The molecule has 1 unspecified atom stereocenters. The standard InChI is InChI=1S/C34H32FNO7/c1-34(2,3)43-33(39)36-29(32(37)38)20-40-19-23-15-16-24(17-28(23)35)41-18-21-11-13-22(14-12-21)25-8-6-9-27-26-7-4-5-10-30(26)42-31(25)27/h4-17,29H,18-20H2,1-3H3,(H,36,39)(H,37,38). The highest BCUT2D eigenvalue weighted by Gasteiger charge is 2.24. The molecule has 0 aliphatic carbocycles. The summed E-state index contributed by atoms with van der Waals surface area (Å²) in [6.07, 6.45) is -0.880. The van der Waals surface area contributed by atoms with Gasteiger partial charge in [-0.3, -0.25) is 0 Å². The lowest BCUT2D eigenvalue weighted by Crippen LogP contribution is -2.46. The number of halogens is 1. The van der Waals surface area contributed by atoms with E-state index >= 15 is 0 Å². The Morgan fingerprint density at radius 2 is 1.67 bits per heavy atom. The van der Waals surface area contributed by atoms with Gasteiger partial charge in [0.05, 0.1) is 13.2 Å². The molecule has 1 aromatic heterocycles. The fraction of sp³-hybridized carbons (Fsp3) is 0.235. The highest BCUT2D eigenvalue weighted by atomic mass is 19.1. The summed E-state index contributed by atoms with van der Waals surface area (Å²) in [6.45, 7) is 4.67. The monoisotopic (exact) mass is 585 g/mol. The Bertz CT molecular complexity index is 1760. The molecular weight excluding hydrogens is 553 g/mol. The van der Waals surface area contributed by atoms with Gasteiger partial charge in [-0.15, -0.1) is 0 Å². The number of amides is 1. The molecule has 0 saturated heterocycles. The number of aliphatic carboxylic acids is 1. The zero-order chi connectivity index (χ0) is 30.6. The van der Waals surface area contributed by atoms with Crippen molar-refractivity contribution in [3.63, 3.8) is 0 Å². The number of carbonyl (C=O) groups is 2. The predicted molar refractivity (Wildman–Crippen MR) is 160 cm³/mol. The van der Waals surface area contributed by atoms with Crippen LogP contribution in [0.2, 0.25) is 0 Å². The lowest BCUT2D eigenvalue weighted by Gasteiger charge is -2.22. The van der Waals surface area contributed by atoms with Crippen molar-refractivity contribution in [3.05, 3.63) is 102 Å². The van der Waals surface area contributed by atoms with Gasteiger partial charge in [0.1, 0.15) is 34.9 Å². The fourth-order valence-corrected chi connectivity index (χ4v) is 4.57. The Hall–Kier alpha value is -4.89. The van der Waals surface area contributed by atoms with Crippen molar-refractivity contribution in [1.29, 1.82) is 0 Å². The summed E-state index contributed by atoms with van der Waals surface area (Å²) in [7, 11) is 0. The molecule has 1 amide bonds. The number of benzene rings is 4. The van der Waals surface area contributed by atoms with Crippen LogP contribution in [0.25, 0.3) is 33.1 Å². The molecular formula is C34H32FNO7.